The number of benzene rings is 1. The summed E-state index contributed by atoms with van der Waals surface area (Å²) in [6.07, 6.45) is 4.99. The molecule has 0 aliphatic carbocycles. The van der Waals surface area contributed by atoms with Crippen molar-refractivity contribution < 1.29 is 0 Å². The van der Waals surface area contributed by atoms with Crippen LogP contribution in [0.25, 0.3) is 0 Å². The second kappa shape index (κ2) is 9.43. The summed E-state index contributed by atoms with van der Waals surface area (Å²) >= 11 is 0. The predicted octanol–water partition coefficient (Wildman–Crippen LogP) is 3.64. The molecule has 0 radical (unpaired) electrons. The lowest BCUT2D eigenvalue weighted by Crippen LogP contribution is -2.32. The Hall–Kier alpha value is -1.71. The monoisotopic (exact) mass is 311 g/mol. The van der Waals surface area contributed by atoms with Gasteiger partial charge in [-0.25, -0.2) is 0 Å². The van der Waals surface area contributed by atoms with Gasteiger partial charge in [-0.3, -0.25) is 9.88 Å². The molecule has 0 aliphatic rings. The Bertz CT molecular complexity index is 539. The highest BCUT2D eigenvalue weighted by molar-refractivity contribution is 5.18. The van der Waals surface area contributed by atoms with E-state index in [2.05, 4.69) is 72.2 Å². The molecule has 0 amide bonds. The fourth-order valence-corrected chi connectivity index (χ4v) is 2.69. The van der Waals surface area contributed by atoms with E-state index >= 15 is 0 Å². The fourth-order valence-electron chi connectivity index (χ4n) is 2.69. The highest BCUT2D eigenvalue weighted by Gasteiger charge is 2.11. The van der Waals surface area contributed by atoms with E-state index in [0.29, 0.717) is 5.92 Å². The van der Waals surface area contributed by atoms with Crippen LogP contribution in [0.3, 0.4) is 0 Å². The van der Waals surface area contributed by atoms with Crippen LogP contribution < -0.4 is 0 Å². The molecule has 23 heavy (non-hydrogen) atoms. The molecule has 1 atom stereocenters. The third kappa shape index (κ3) is 6.51. The van der Waals surface area contributed by atoms with Gasteiger partial charge in [0.1, 0.15) is 0 Å². The van der Waals surface area contributed by atoms with Crippen molar-refractivity contribution in [2.24, 2.45) is 0 Å². The third-order valence-corrected chi connectivity index (χ3v) is 4.24. The Kier molecular flexibility index (Phi) is 7.24. The lowest BCUT2D eigenvalue weighted by Gasteiger charge is -2.25. The minimum Gasteiger partial charge on any atom is -0.308 e. The summed E-state index contributed by atoms with van der Waals surface area (Å²) in [4.78, 5) is 9.02. The van der Waals surface area contributed by atoms with E-state index in [1.165, 1.54) is 17.5 Å². The first-order chi connectivity index (χ1) is 11.1. The molecule has 3 nitrogen and oxygen atoms in total. The maximum atomic E-state index is 4.24. The van der Waals surface area contributed by atoms with Gasteiger partial charge in [0.15, 0.2) is 0 Å². The molecule has 0 N–H and O–H groups in total. The molecule has 2 rings (SSSR count). The third-order valence-electron chi connectivity index (χ3n) is 4.24. The van der Waals surface area contributed by atoms with E-state index in [4.69, 9.17) is 0 Å². The molecule has 1 unspecified atom stereocenters. The molecule has 0 saturated carbocycles. The van der Waals surface area contributed by atoms with Crippen molar-refractivity contribution in [1.82, 2.24) is 14.8 Å². The van der Waals surface area contributed by atoms with Crippen LogP contribution in [-0.2, 0) is 6.54 Å². The zero-order chi connectivity index (χ0) is 16.5. The second-order valence-electron chi connectivity index (χ2n) is 6.54. The number of aromatic nitrogens is 1. The van der Waals surface area contributed by atoms with Crippen LogP contribution in [0.5, 0.6) is 0 Å². The SMILES string of the molecule is CC(CCN(CCN(C)C)Cc1cccnc1)c1ccccc1. The summed E-state index contributed by atoms with van der Waals surface area (Å²) in [5.41, 5.74) is 2.72. The lowest BCUT2D eigenvalue weighted by atomic mass is 9.97. The summed E-state index contributed by atoms with van der Waals surface area (Å²) in [6, 6.07) is 15.0. The first-order valence-electron chi connectivity index (χ1n) is 8.46. The smallest absolute Gasteiger partial charge is 0.0312 e. The van der Waals surface area contributed by atoms with Gasteiger partial charge in [-0.05, 0) is 50.2 Å². The fraction of sp³-hybridized carbons (Fsp3) is 0.450. The second-order valence-corrected chi connectivity index (χ2v) is 6.54. The number of pyridine rings is 1. The van der Waals surface area contributed by atoms with Crippen LogP contribution in [0.15, 0.2) is 54.9 Å². The van der Waals surface area contributed by atoms with Crippen molar-refractivity contribution >= 4 is 0 Å². The molecule has 124 valence electrons. The molecule has 0 bridgehead atoms. The highest BCUT2D eigenvalue weighted by Crippen LogP contribution is 2.19. The van der Waals surface area contributed by atoms with Crippen LogP contribution in [0.1, 0.15) is 30.4 Å². The van der Waals surface area contributed by atoms with Gasteiger partial charge in [0.25, 0.3) is 0 Å². The topological polar surface area (TPSA) is 19.4 Å². The summed E-state index contributed by atoms with van der Waals surface area (Å²) in [7, 11) is 4.27. The van der Waals surface area contributed by atoms with Gasteiger partial charge in [-0.15, -0.1) is 0 Å². The van der Waals surface area contributed by atoms with Gasteiger partial charge in [-0.2, -0.15) is 0 Å². The summed E-state index contributed by atoms with van der Waals surface area (Å²) in [5.74, 6) is 0.590. The van der Waals surface area contributed by atoms with Crippen LogP contribution in [0.2, 0.25) is 0 Å². The van der Waals surface area contributed by atoms with Crippen molar-refractivity contribution in [3.05, 3.63) is 66.0 Å². The standard InChI is InChI=1S/C20H29N3/c1-18(20-9-5-4-6-10-20)11-13-23(15-14-22(2)3)17-19-8-7-12-21-16-19/h4-10,12,16,18H,11,13-15,17H2,1-3H3. The minimum absolute atomic E-state index is 0.590. The number of nitrogens with zero attached hydrogens (tertiary/aromatic N) is 3. The van der Waals surface area contributed by atoms with Gasteiger partial charge in [0, 0.05) is 32.0 Å². The van der Waals surface area contributed by atoms with Gasteiger partial charge in [0.05, 0.1) is 0 Å². The van der Waals surface area contributed by atoms with Crippen LogP contribution in [0.4, 0.5) is 0 Å². The number of hydrogen-bond acceptors (Lipinski definition) is 3. The van der Waals surface area contributed by atoms with Crippen molar-refractivity contribution in [3.8, 4) is 0 Å². The van der Waals surface area contributed by atoms with E-state index < -0.39 is 0 Å². The molecule has 1 aromatic carbocycles. The molecule has 0 fully saturated rings. The molecule has 1 heterocycles. The first kappa shape index (κ1) is 17.6. The molecule has 1 aromatic heterocycles. The Morgan fingerprint density at radius 3 is 2.39 bits per heavy atom. The Morgan fingerprint density at radius 2 is 1.74 bits per heavy atom. The van der Waals surface area contributed by atoms with E-state index in [-0.39, 0.29) is 0 Å². The van der Waals surface area contributed by atoms with Gasteiger partial charge >= 0.3 is 0 Å². The van der Waals surface area contributed by atoms with Gasteiger partial charge in [-0.1, -0.05) is 43.3 Å². The molecule has 0 aliphatic heterocycles. The molecule has 0 saturated heterocycles. The van der Waals surface area contributed by atoms with Crippen molar-refractivity contribution in [2.45, 2.75) is 25.8 Å². The average molecular weight is 311 g/mol. The van der Waals surface area contributed by atoms with E-state index in [1.807, 2.05) is 18.5 Å². The summed E-state index contributed by atoms with van der Waals surface area (Å²) < 4.78 is 0. The van der Waals surface area contributed by atoms with Crippen LogP contribution in [-0.4, -0.2) is 48.5 Å². The van der Waals surface area contributed by atoms with Crippen molar-refractivity contribution in [1.29, 1.82) is 0 Å². The van der Waals surface area contributed by atoms with Gasteiger partial charge < -0.3 is 4.90 Å². The van der Waals surface area contributed by atoms with Gasteiger partial charge in [0.2, 0.25) is 0 Å². The summed E-state index contributed by atoms with van der Waals surface area (Å²) in [6.45, 7) is 6.58. The van der Waals surface area contributed by atoms with E-state index in [1.54, 1.807) is 0 Å². The molecular weight excluding hydrogens is 282 g/mol. The lowest BCUT2D eigenvalue weighted by molar-refractivity contribution is 0.227. The first-order valence-corrected chi connectivity index (χ1v) is 8.46. The quantitative estimate of drug-likeness (QED) is 0.705. The highest BCUT2D eigenvalue weighted by atomic mass is 15.2. The maximum absolute atomic E-state index is 4.24. The number of likely N-dealkylation sites (N-methyl/N-ethyl adjacent to an activating group) is 1. The van der Waals surface area contributed by atoms with Crippen LogP contribution >= 0.6 is 0 Å². The van der Waals surface area contributed by atoms with E-state index in [9.17, 15) is 0 Å². The largest absolute Gasteiger partial charge is 0.308 e. The van der Waals surface area contributed by atoms with Crippen LogP contribution in [0, 0.1) is 0 Å². The number of rotatable bonds is 9. The summed E-state index contributed by atoms with van der Waals surface area (Å²) in [5, 5.41) is 0. The average Bonchev–Trinajstić information content (AvgIpc) is 2.58. The Balaban J connectivity index is 1.91. The van der Waals surface area contributed by atoms with Crippen molar-refractivity contribution in [3.63, 3.8) is 0 Å². The molecular formula is C20H29N3. The zero-order valence-corrected chi connectivity index (χ0v) is 14.7. The Morgan fingerprint density at radius 1 is 0.957 bits per heavy atom. The molecule has 0 spiro atoms. The van der Waals surface area contributed by atoms with E-state index in [0.717, 1.165) is 26.2 Å². The normalized spacial score (nSPS) is 12.7. The predicted molar refractivity (Wildman–Crippen MR) is 97.5 cm³/mol. The maximum Gasteiger partial charge on any atom is 0.0312 e. The number of hydrogen-bond donors (Lipinski definition) is 0. The zero-order valence-electron chi connectivity index (χ0n) is 14.7. The molecule has 2 aromatic rings. The minimum atomic E-state index is 0.590. The Labute approximate surface area is 141 Å². The van der Waals surface area contributed by atoms with Crippen molar-refractivity contribution in [2.75, 3.05) is 33.7 Å². The molecule has 3 heteroatoms.